The molecule has 0 bridgehead atoms. The highest BCUT2D eigenvalue weighted by Gasteiger charge is 2.08. The van der Waals surface area contributed by atoms with Crippen molar-refractivity contribution in [2.24, 2.45) is 0 Å². The van der Waals surface area contributed by atoms with E-state index in [-0.39, 0.29) is 5.75 Å². The van der Waals surface area contributed by atoms with Gasteiger partial charge >= 0.3 is 6.61 Å². The summed E-state index contributed by atoms with van der Waals surface area (Å²) in [6, 6.07) is 8.56. The van der Waals surface area contributed by atoms with Crippen molar-refractivity contribution in [1.82, 2.24) is 19.9 Å². The average molecular weight is 415 g/mol. The first kappa shape index (κ1) is 19.3. The molecule has 29 heavy (non-hydrogen) atoms. The topological polar surface area (TPSA) is 63.7 Å². The molecule has 0 aliphatic carbocycles. The summed E-state index contributed by atoms with van der Waals surface area (Å²) in [5, 5.41) is 1.57. The van der Waals surface area contributed by atoms with Crippen molar-refractivity contribution in [3.05, 3.63) is 82.7 Å². The fraction of sp³-hybridized carbons (Fsp3) is 0.190. The van der Waals surface area contributed by atoms with Gasteiger partial charge in [0.15, 0.2) is 0 Å². The van der Waals surface area contributed by atoms with E-state index in [9.17, 15) is 8.78 Å². The molecule has 3 aromatic heterocycles. The van der Waals surface area contributed by atoms with Crippen LogP contribution in [0.3, 0.4) is 0 Å². The zero-order valence-electron chi connectivity index (χ0n) is 15.3. The molecule has 0 saturated heterocycles. The molecule has 3 heterocycles. The maximum absolute atomic E-state index is 12.3. The minimum atomic E-state index is -2.83. The van der Waals surface area contributed by atoms with Gasteiger partial charge < -0.3 is 9.72 Å². The maximum Gasteiger partial charge on any atom is 0.387 e. The Labute approximate surface area is 170 Å². The van der Waals surface area contributed by atoms with Crippen molar-refractivity contribution >= 4 is 22.6 Å². The third kappa shape index (κ3) is 4.86. The van der Waals surface area contributed by atoms with Gasteiger partial charge in [0.25, 0.3) is 0 Å². The number of nitrogens with one attached hydrogen (secondary N) is 1. The van der Waals surface area contributed by atoms with E-state index >= 15 is 0 Å². The number of nitrogens with zero attached hydrogens (tertiary/aromatic N) is 3. The van der Waals surface area contributed by atoms with E-state index in [1.807, 2.05) is 18.3 Å². The normalized spacial score (nSPS) is 11.3. The molecule has 0 amide bonds. The van der Waals surface area contributed by atoms with Crippen LogP contribution in [0.15, 0.2) is 55.1 Å². The van der Waals surface area contributed by atoms with Gasteiger partial charge in [0.05, 0.1) is 5.02 Å². The van der Waals surface area contributed by atoms with Crippen LogP contribution in [0.2, 0.25) is 5.02 Å². The van der Waals surface area contributed by atoms with E-state index in [4.69, 9.17) is 11.6 Å². The van der Waals surface area contributed by atoms with Gasteiger partial charge in [-0.15, -0.1) is 0 Å². The molecule has 148 valence electrons. The molecular formula is C21H17ClF2N4O. The van der Waals surface area contributed by atoms with Crippen LogP contribution in [-0.2, 0) is 19.3 Å². The van der Waals surface area contributed by atoms with Crippen LogP contribution in [0.4, 0.5) is 8.78 Å². The average Bonchev–Trinajstić information content (AvgIpc) is 3.09. The fourth-order valence-electron chi connectivity index (χ4n) is 3.13. The van der Waals surface area contributed by atoms with Crippen LogP contribution in [0.25, 0.3) is 11.0 Å². The molecule has 0 atom stereocenters. The van der Waals surface area contributed by atoms with E-state index in [1.54, 1.807) is 30.7 Å². The summed E-state index contributed by atoms with van der Waals surface area (Å²) < 4.78 is 29.1. The van der Waals surface area contributed by atoms with E-state index in [1.165, 1.54) is 6.07 Å². The van der Waals surface area contributed by atoms with Gasteiger partial charge in [0.1, 0.15) is 17.2 Å². The van der Waals surface area contributed by atoms with Gasteiger partial charge in [-0.05, 0) is 41.3 Å². The van der Waals surface area contributed by atoms with Gasteiger partial charge in [-0.25, -0.2) is 15.0 Å². The van der Waals surface area contributed by atoms with Crippen molar-refractivity contribution in [3.8, 4) is 5.75 Å². The smallest absolute Gasteiger partial charge is 0.387 e. The second-order valence-electron chi connectivity index (χ2n) is 6.57. The van der Waals surface area contributed by atoms with Crippen molar-refractivity contribution in [1.29, 1.82) is 0 Å². The lowest BCUT2D eigenvalue weighted by Crippen LogP contribution is -2.03. The van der Waals surface area contributed by atoms with Crippen LogP contribution >= 0.6 is 11.6 Å². The Balaban J connectivity index is 1.40. The number of pyridine rings is 1. The van der Waals surface area contributed by atoms with Crippen molar-refractivity contribution in [2.45, 2.75) is 25.9 Å². The number of rotatable bonds is 7. The Bertz CT molecular complexity index is 1120. The Morgan fingerprint density at radius 2 is 1.83 bits per heavy atom. The van der Waals surface area contributed by atoms with E-state index in [0.29, 0.717) is 30.1 Å². The number of aromatic amines is 1. The predicted molar refractivity (Wildman–Crippen MR) is 106 cm³/mol. The zero-order chi connectivity index (χ0) is 20.2. The van der Waals surface area contributed by atoms with E-state index < -0.39 is 6.61 Å². The quantitative estimate of drug-likeness (QED) is 0.463. The molecule has 1 N–H and O–H groups in total. The Kier molecular flexibility index (Phi) is 5.67. The first-order chi connectivity index (χ1) is 14.1. The standard InChI is InChI=1S/C21H17ClF2N4O/c22-16-8-18-15(11-27-20(18)28-12-16)6-14-9-25-19(26-10-14)5-4-13-2-1-3-17(7-13)29-21(23)24/h1-3,7-12,21H,4-6H2,(H,27,28). The summed E-state index contributed by atoms with van der Waals surface area (Å²) in [7, 11) is 0. The third-order valence-electron chi connectivity index (χ3n) is 4.50. The largest absolute Gasteiger partial charge is 0.435 e. The molecule has 8 heteroatoms. The van der Waals surface area contributed by atoms with Gasteiger partial charge in [0, 0.05) is 43.0 Å². The van der Waals surface area contributed by atoms with Crippen molar-refractivity contribution < 1.29 is 13.5 Å². The molecule has 0 unspecified atom stereocenters. The number of fused-ring (bicyclic) bond motifs is 1. The molecule has 1 aromatic carbocycles. The van der Waals surface area contributed by atoms with Crippen LogP contribution in [0.1, 0.15) is 22.5 Å². The minimum absolute atomic E-state index is 0.155. The monoisotopic (exact) mass is 414 g/mol. The van der Waals surface area contributed by atoms with Crippen molar-refractivity contribution in [3.63, 3.8) is 0 Å². The Morgan fingerprint density at radius 3 is 2.62 bits per heavy atom. The highest BCUT2D eigenvalue weighted by Crippen LogP contribution is 2.22. The second kappa shape index (κ2) is 8.53. The molecule has 4 aromatic rings. The lowest BCUT2D eigenvalue weighted by atomic mass is 10.1. The summed E-state index contributed by atoms with van der Waals surface area (Å²) in [5.74, 6) is 0.847. The molecule has 5 nitrogen and oxygen atoms in total. The summed E-state index contributed by atoms with van der Waals surface area (Å²) in [5.41, 5.74) is 3.73. The van der Waals surface area contributed by atoms with Gasteiger partial charge in [-0.3, -0.25) is 0 Å². The van der Waals surface area contributed by atoms with Crippen LogP contribution in [0.5, 0.6) is 5.75 Å². The minimum Gasteiger partial charge on any atom is -0.435 e. The molecule has 0 fully saturated rings. The van der Waals surface area contributed by atoms with Gasteiger partial charge in [-0.1, -0.05) is 23.7 Å². The van der Waals surface area contributed by atoms with Crippen molar-refractivity contribution in [2.75, 3.05) is 0 Å². The van der Waals surface area contributed by atoms with Gasteiger partial charge in [-0.2, -0.15) is 8.78 Å². The Hall–Kier alpha value is -3.06. The summed E-state index contributed by atoms with van der Waals surface area (Å²) >= 11 is 6.05. The first-order valence-corrected chi connectivity index (χ1v) is 9.39. The number of aromatic nitrogens is 4. The number of ether oxygens (including phenoxy) is 1. The van der Waals surface area contributed by atoms with Crippen LogP contribution in [0, 0.1) is 0 Å². The number of hydrogen-bond acceptors (Lipinski definition) is 4. The summed E-state index contributed by atoms with van der Waals surface area (Å²) in [6.45, 7) is -2.83. The molecule has 0 spiro atoms. The molecule has 4 rings (SSSR count). The van der Waals surface area contributed by atoms with Crippen LogP contribution in [-0.4, -0.2) is 26.5 Å². The highest BCUT2D eigenvalue weighted by atomic mass is 35.5. The maximum atomic E-state index is 12.3. The first-order valence-electron chi connectivity index (χ1n) is 9.02. The highest BCUT2D eigenvalue weighted by molar-refractivity contribution is 6.31. The fourth-order valence-corrected chi connectivity index (χ4v) is 3.29. The molecule has 0 aliphatic rings. The molecule has 0 radical (unpaired) electrons. The number of alkyl halides is 2. The SMILES string of the molecule is FC(F)Oc1cccc(CCc2ncc(Cc3c[nH]c4ncc(Cl)cc34)cn2)c1. The third-order valence-corrected chi connectivity index (χ3v) is 4.70. The zero-order valence-corrected chi connectivity index (χ0v) is 16.0. The number of H-pyrrole nitrogens is 1. The molecule has 0 aliphatic heterocycles. The predicted octanol–water partition coefficient (Wildman–Crippen LogP) is 4.98. The molecule has 0 saturated carbocycles. The number of halogens is 3. The second-order valence-corrected chi connectivity index (χ2v) is 7.01. The number of hydrogen-bond donors (Lipinski definition) is 1. The summed E-state index contributed by atoms with van der Waals surface area (Å²) in [6.07, 6.45) is 9.02. The van der Waals surface area contributed by atoms with E-state index in [2.05, 4.69) is 24.7 Å². The summed E-state index contributed by atoms with van der Waals surface area (Å²) in [4.78, 5) is 16.3. The lowest BCUT2D eigenvalue weighted by molar-refractivity contribution is -0.0498. The number of aryl methyl sites for hydroxylation is 2. The Morgan fingerprint density at radius 1 is 1.00 bits per heavy atom. The lowest BCUT2D eigenvalue weighted by Gasteiger charge is -2.07. The van der Waals surface area contributed by atoms with Crippen LogP contribution < -0.4 is 4.74 Å². The van der Waals surface area contributed by atoms with Gasteiger partial charge in [0.2, 0.25) is 0 Å². The van der Waals surface area contributed by atoms with E-state index in [0.717, 1.165) is 27.7 Å². The molecular weight excluding hydrogens is 398 g/mol. The number of benzene rings is 1.